The lowest BCUT2D eigenvalue weighted by Gasteiger charge is -2.23. The van der Waals surface area contributed by atoms with Gasteiger partial charge in [0.05, 0.1) is 6.67 Å². The maximum absolute atomic E-state index is 4.39. The van der Waals surface area contributed by atoms with Crippen LogP contribution in [0, 0.1) is 0 Å². The van der Waals surface area contributed by atoms with Crippen molar-refractivity contribution in [1.82, 2.24) is 14.9 Å². The van der Waals surface area contributed by atoms with Gasteiger partial charge in [-0.15, -0.1) is 0 Å². The maximum Gasteiger partial charge on any atom is 0.224 e. The molecule has 0 spiro atoms. The van der Waals surface area contributed by atoms with Gasteiger partial charge >= 0.3 is 0 Å². The lowest BCUT2D eigenvalue weighted by Crippen LogP contribution is -2.30. The summed E-state index contributed by atoms with van der Waals surface area (Å²) in [5, 5.41) is 2.94. The Morgan fingerprint density at radius 2 is 2.19 bits per heavy atom. The average molecular weight is 219 g/mol. The number of nitrogens with zero attached hydrogens (tertiary/aromatic N) is 4. The van der Waals surface area contributed by atoms with Crippen molar-refractivity contribution in [2.24, 2.45) is 0 Å². The summed E-state index contributed by atoms with van der Waals surface area (Å²) in [6.45, 7) is 5.19. The zero-order chi connectivity index (χ0) is 11.5. The van der Waals surface area contributed by atoms with Gasteiger partial charge in [-0.1, -0.05) is 0 Å². The fourth-order valence-electron chi connectivity index (χ4n) is 1.55. The van der Waals surface area contributed by atoms with Crippen LogP contribution in [-0.2, 0) is 0 Å². The standard InChI is InChI=1S/C11H17N5/c1-9(2)15-6-7-16(8-15)10-4-5-13-11(12-3)14-10/h4-7,9H,8H2,1-3H3,(H,12,13,14). The first-order chi connectivity index (χ1) is 7.70. The van der Waals surface area contributed by atoms with Crippen molar-refractivity contribution >= 4 is 11.8 Å². The second-order valence-electron chi connectivity index (χ2n) is 4.01. The molecule has 0 amide bonds. The molecule has 0 bridgehead atoms. The van der Waals surface area contributed by atoms with E-state index in [0.717, 1.165) is 12.5 Å². The molecule has 1 aromatic heterocycles. The van der Waals surface area contributed by atoms with Gasteiger partial charge in [-0.25, -0.2) is 4.98 Å². The lowest BCUT2D eigenvalue weighted by atomic mass is 10.4. The Morgan fingerprint density at radius 3 is 2.81 bits per heavy atom. The molecule has 0 fully saturated rings. The van der Waals surface area contributed by atoms with Crippen LogP contribution in [0.2, 0.25) is 0 Å². The van der Waals surface area contributed by atoms with E-state index < -0.39 is 0 Å². The van der Waals surface area contributed by atoms with Gasteiger partial charge < -0.3 is 15.1 Å². The minimum Gasteiger partial charge on any atom is -0.357 e. The molecule has 0 saturated carbocycles. The van der Waals surface area contributed by atoms with Gasteiger partial charge in [0.15, 0.2) is 0 Å². The van der Waals surface area contributed by atoms with Crippen molar-refractivity contribution < 1.29 is 0 Å². The predicted molar refractivity (Wildman–Crippen MR) is 65.0 cm³/mol. The molecule has 0 unspecified atom stereocenters. The van der Waals surface area contributed by atoms with Crippen LogP contribution in [0.5, 0.6) is 0 Å². The topological polar surface area (TPSA) is 44.3 Å². The van der Waals surface area contributed by atoms with E-state index in [1.165, 1.54) is 0 Å². The minimum atomic E-state index is 0.506. The number of anilines is 2. The van der Waals surface area contributed by atoms with Crippen LogP contribution < -0.4 is 10.2 Å². The zero-order valence-electron chi connectivity index (χ0n) is 9.88. The summed E-state index contributed by atoms with van der Waals surface area (Å²) in [4.78, 5) is 12.8. The van der Waals surface area contributed by atoms with E-state index >= 15 is 0 Å². The molecule has 1 aliphatic rings. The molecule has 0 atom stereocenters. The summed E-state index contributed by atoms with van der Waals surface area (Å²) in [7, 11) is 1.82. The number of hydrogen-bond acceptors (Lipinski definition) is 5. The van der Waals surface area contributed by atoms with E-state index in [1.54, 1.807) is 6.20 Å². The quantitative estimate of drug-likeness (QED) is 0.834. The lowest BCUT2D eigenvalue weighted by molar-refractivity contribution is 0.336. The monoisotopic (exact) mass is 219 g/mol. The number of nitrogens with one attached hydrogen (secondary N) is 1. The third-order valence-electron chi connectivity index (χ3n) is 2.58. The van der Waals surface area contributed by atoms with Gasteiger partial charge in [-0.3, -0.25) is 0 Å². The number of rotatable bonds is 3. The Kier molecular flexibility index (Phi) is 2.94. The number of aromatic nitrogens is 2. The first kappa shape index (κ1) is 10.7. The average Bonchev–Trinajstić information content (AvgIpc) is 2.78. The Labute approximate surface area is 95.8 Å². The Morgan fingerprint density at radius 1 is 1.38 bits per heavy atom. The Balaban J connectivity index is 2.12. The molecule has 86 valence electrons. The molecular weight excluding hydrogens is 202 g/mol. The summed E-state index contributed by atoms with van der Waals surface area (Å²) in [6, 6.07) is 2.42. The third kappa shape index (κ3) is 2.08. The van der Waals surface area contributed by atoms with Crippen molar-refractivity contribution in [3.63, 3.8) is 0 Å². The second-order valence-corrected chi connectivity index (χ2v) is 4.01. The molecule has 16 heavy (non-hydrogen) atoms. The fraction of sp³-hybridized carbons (Fsp3) is 0.455. The summed E-state index contributed by atoms with van der Waals surface area (Å²) < 4.78 is 0. The van der Waals surface area contributed by atoms with Gasteiger partial charge in [0.1, 0.15) is 5.82 Å². The summed E-state index contributed by atoms with van der Waals surface area (Å²) in [6.07, 6.45) is 5.90. The zero-order valence-corrected chi connectivity index (χ0v) is 9.88. The van der Waals surface area contributed by atoms with Crippen LogP contribution in [0.3, 0.4) is 0 Å². The molecule has 5 nitrogen and oxygen atoms in total. The predicted octanol–water partition coefficient (Wildman–Crippen LogP) is 1.48. The molecule has 1 aromatic rings. The number of hydrogen-bond donors (Lipinski definition) is 1. The van der Waals surface area contributed by atoms with Crippen molar-refractivity contribution in [3.05, 3.63) is 24.7 Å². The fourth-order valence-corrected chi connectivity index (χ4v) is 1.55. The van der Waals surface area contributed by atoms with Crippen LogP contribution in [0.4, 0.5) is 11.8 Å². The van der Waals surface area contributed by atoms with Gasteiger partial charge in [-0.05, 0) is 19.9 Å². The molecule has 1 N–H and O–H groups in total. The van der Waals surface area contributed by atoms with E-state index in [1.807, 2.05) is 19.3 Å². The van der Waals surface area contributed by atoms with Crippen molar-refractivity contribution in [1.29, 1.82) is 0 Å². The molecule has 1 aliphatic heterocycles. The van der Waals surface area contributed by atoms with Crippen molar-refractivity contribution in [3.8, 4) is 0 Å². The van der Waals surface area contributed by atoms with E-state index in [0.29, 0.717) is 12.0 Å². The Bertz CT molecular complexity index is 388. The van der Waals surface area contributed by atoms with Crippen LogP contribution in [-0.4, -0.2) is 34.6 Å². The van der Waals surface area contributed by atoms with E-state index in [2.05, 4.69) is 45.1 Å². The van der Waals surface area contributed by atoms with E-state index in [9.17, 15) is 0 Å². The molecule has 0 aromatic carbocycles. The van der Waals surface area contributed by atoms with Crippen molar-refractivity contribution in [2.75, 3.05) is 23.9 Å². The second kappa shape index (κ2) is 4.38. The van der Waals surface area contributed by atoms with Gasteiger partial charge in [-0.2, -0.15) is 4.98 Å². The first-order valence-electron chi connectivity index (χ1n) is 5.42. The van der Waals surface area contributed by atoms with E-state index in [-0.39, 0.29) is 0 Å². The molecule has 0 radical (unpaired) electrons. The van der Waals surface area contributed by atoms with Crippen LogP contribution in [0.15, 0.2) is 24.7 Å². The smallest absolute Gasteiger partial charge is 0.224 e. The molecule has 5 heteroatoms. The van der Waals surface area contributed by atoms with Gasteiger partial charge in [0.2, 0.25) is 5.95 Å². The minimum absolute atomic E-state index is 0.506. The molecular formula is C11H17N5. The molecule has 0 saturated heterocycles. The van der Waals surface area contributed by atoms with Gasteiger partial charge in [0.25, 0.3) is 0 Å². The molecule has 2 heterocycles. The van der Waals surface area contributed by atoms with Crippen LogP contribution in [0.1, 0.15) is 13.8 Å². The highest BCUT2D eigenvalue weighted by Gasteiger charge is 2.16. The SMILES string of the molecule is CNc1nccc(N2C=CN(C(C)C)C2)n1. The summed E-state index contributed by atoms with van der Waals surface area (Å²) >= 11 is 0. The Hall–Kier alpha value is -1.78. The highest BCUT2D eigenvalue weighted by atomic mass is 15.4. The van der Waals surface area contributed by atoms with Crippen molar-refractivity contribution in [2.45, 2.75) is 19.9 Å². The largest absolute Gasteiger partial charge is 0.357 e. The van der Waals surface area contributed by atoms with Crippen LogP contribution in [0.25, 0.3) is 0 Å². The summed E-state index contributed by atoms with van der Waals surface area (Å²) in [5.41, 5.74) is 0. The normalized spacial score (nSPS) is 15.0. The van der Waals surface area contributed by atoms with Gasteiger partial charge in [0, 0.05) is 31.7 Å². The summed E-state index contributed by atoms with van der Waals surface area (Å²) in [5.74, 6) is 1.56. The van der Waals surface area contributed by atoms with Crippen LogP contribution >= 0.6 is 0 Å². The maximum atomic E-state index is 4.39. The molecule has 0 aliphatic carbocycles. The molecule has 2 rings (SSSR count). The van der Waals surface area contributed by atoms with E-state index in [4.69, 9.17) is 0 Å². The highest BCUT2D eigenvalue weighted by molar-refractivity contribution is 5.46. The highest BCUT2D eigenvalue weighted by Crippen LogP contribution is 2.18. The first-order valence-corrected chi connectivity index (χ1v) is 5.42. The third-order valence-corrected chi connectivity index (χ3v) is 2.58.